The van der Waals surface area contributed by atoms with E-state index in [4.69, 9.17) is 0 Å². The molecule has 0 fully saturated rings. The lowest BCUT2D eigenvalue weighted by Crippen LogP contribution is -2.26. The molecule has 0 aliphatic heterocycles. The van der Waals surface area contributed by atoms with Crippen molar-refractivity contribution < 1.29 is 13.2 Å². The molecule has 2 N–H and O–H groups in total. The van der Waals surface area contributed by atoms with Crippen molar-refractivity contribution in [2.24, 2.45) is 0 Å². The maximum atomic E-state index is 12.9. The van der Waals surface area contributed by atoms with E-state index < -0.39 is 10.0 Å². The zero-order chi connectivity index (χ0) is 23.3. The molecular formula is C24H23N5O3S. The minimum absolute atomic E-state index is 0.0350. The Balaban J connectivity index is 1.49. The van der Waals surface area contributed by atoms with Gasteiger partial charge in [-0.1, -0.05) is 42.5 Å². The van der Waals surface area contributed by atoms with Crippen LogP contribution in [0.15, 0.2) is 90.2 Å². The van der Waals surface area contributed by atoms with Crippen LogP contribution in [-0.2, 0) is 23.1 Å². The van der Waals surface area contributed by atoms with Crippen LogP contribution in [-0.4, -0.2) is 29.1 Å². The molecule has 4 aromatic rings. The average Bonchev–Trinajstić information content (AvgIpc) is 3.37. The normalized spacial score (nSPS) is 11.3. The highest BCUT2D eigenvalue weighted by molar-refractivity contribution is 7.89. The van der Waals surface area contributed by atoms with Crippen molar-refractivity contribution in [2.75, 3.05) is 0 Å². The number of hydrogen-bond acceptors (Lipinski definition) is 5. The molecule has 0 aliphatic carbocycles. The van der Waals surface area contributed by atoms with Crippen LogP contribution in [0.25, 0.3) is 5.82 Å². The molecule has 9 heteroatoms. The predicted molar refractivity (Wildman–Crippen MR) is 124 cm³/mol. The third-order valence-corrected chi connectivity index (χ3v) is 6.50. The highest BCUT2D eigenvalue weighted by Gasteiger charge is 2.18. The van der Waals surface area contributed by atoms with Crippen LogP contribution >= 0.6 is 0 Å². The van der Waals surface area contributed by atoms with Crippen molar-refractivity contribution in [3.63, 3.8) is 0 Å². The second-order valence-corrected chi connectivity index (χ2v) is 9.17. The number of benzene rings is 2. The fourth-order valence-electron chi connectivity index (χ4n) is 3.31. The van der Waals surface area contributed by atoms with Crippen LogP contribution < -0.4 is 10.0 Å². The number of hydrogen-bond donors (Lipinski definition) is 2. The Morgan fingerprint density at radius 1 is 0.970 bits per heavy atom. The summed E-state index contributed by atoms with van der Waals surface area (Å²) in [6, 6.07) is 19.2. The van der Waals surface area contributed by atoms with Gasteiger partial charge < -0.3 is 5.32 Å². The quantitative estimate of drug-likeness (QED) is 0.420. The molecule has 168 valence electrons. The van der Waals surface area contributed by atoms with Gasteiger partial charge in [0, 0.05) is 42.8 Å². The van der Waals surface area contributed by atoms with Crippen molar-refractivity contribution in [1.29, 1.82) is 0 Å². The van der Waals surface area contributed by atoms with Gasteiger partial charge in [-0.15, -0.1) is 0 Å². The SMILES string of the molecule is Cc1ccc(S(=O)(=O)NCc2ccccc2)cc1C(=O)NCc1cccnc1-n1cccn1. The first kappa shape index (κ1) is 22.4. The van der Waals surface area contributed by atoms with E-state index in [0.717, 1.165) is 11.1 Å². The van der Waals surface area contributed by atoms with Crippen LogP contribution in [0.2, 0.25) is 0 Å². The number of pyridine rings is 1. The van der Waals surface area contributed by atoms with Crippen molar-refractivity contribution >= 4 is 15.9 Å². The Labute approximate surface area is 192 Å². The summed E-state index contributed by atoms with van der Waals surface area (Å²) in [5.41, 5.74) is 2.59. The standard InChI is InChI=1S/C24H23N5O3S/c1-18-10-11-21(33(31,32)28-16-19-7-3-2-4-8-19)15-22(18)24(30)26-17-20-9-5-12-25-23(20)29-14-6-13-27-29/h2-15,28H,16-17H2,1H3,(H,26,30). The molecule has 0 bridgehead atoms. The van der Waals surface area contributed by atoms with Gasteiger partial charge in [-0.25, -0.2) is 22.8 Å². The first-order chi connectivity index (χ1) is 15.9. The number of carbonyl (C=O) groups excluding carboxylic acids is 1. The molecule has 0 saturated carbocycles. The molecule has 2 aromatic heterocycles. The highest BCUT2D eigenvalue weighted by atomic mass is 32.2. The third-order valence-electron chi connectivity index (χ3n) is 5.10. The molecule has 33 heavy (non-hydrogen) atoms. The molecule has 1 amide bonds. The van der Waals surface area contributed by atoms with Gasteiger partial charge in [0.1, 0.15) is 0 Å². The summed E-state index contributed by atoms with van der Waals surface area (Å²) in [4.78, 5) is 17.3. The molecule has 2 aromatic carbocycles. The smallest absolute Gasteiger partial charge is 0.251 e. The molecule has 4 rings (SSSR count). The lowest BCUT2D eigenvalue weighted by Gasteiger charge is -2.13. The van der Waals surface area contributed by atoms with E-state index >= 15 is 0 Å². The summed E-state index contributed by atoms with van der Waals surface area (Å²) in [6.45, 7) is 2.14. The molecule has 0 spiro atoms. The van der Waals surface area contributed by atoms with Crippen LogP contribution in [0.4, 0.5) is 0 Å². The lowest BCUT2D eigenvalue weighted by molar-refractivity contribution is 0.0950. The van der Waals surface area contributed by atoms with Gasteiger partial charge >= 0.3 is 0 Å². The highest BCUT2D eigenvalue weighted by Crippen LogP contribution is 2.17. The first-order valence-electron chi connectivity index (χ1n) is 10.3. The molecule has 0 saturated heterocycles. The van der Waals surface area contributed by atoms with Gasteiger partial charge in [0.2, 0.25) is 10.0 Å². The fraction of sp³-hybridized carbons (Fsp3) is 0.125. The molecule has 0 radical (unpaired) electrons. The minimum atomic E-state index is -3.79. The van der Waals surface area contributed by atoms with Crippen LogP contribution in [0.3, 0.4) is 0 Å². The average molecular weight is 462 g/mol. The Morgan fingerprint density at radius 2 is 1.79 bits per heavy atom. The van der Waals surface area contributed by atoms with Gasteiger partial charge in [-0.2, -0.15) is 5.10 Å². The second kappa shape index (κ2) is 9.76. The van der Waals surface area contributed by atoms with Crippen LogP contribution in [0.5, 0.6) is 0 Å². The van der Waals surface area contributed by atoms with Gasteiger partial charge in [0.05, 0.1) is 4.90 Å². The van der Waals surface area contributed by atoms with E-state index in [0.29, 0.717) is 16.9 Å². The Hall–Kier alpha value is -3.82. The summed E-state index contributed by atoms with van der Waals surface area (Å²) >= 11 is 0. The number of aryl methyl sites for hydroxylation is 1. The summed E-state index contributed by atoms with van der Waals surface area (Å²) in [5.74, 6) is 0.240. The summed E-state index contributed by atoms with van der Waals surface area (Å²) in [5, 5.41) is 7.05. The number of aromatic nitrogens is 3. The molecular weight excluding hydrogens is 438 g/mol. The predicted octanol–water partition coefficient (Wildman–Crippen LogP) is 2.98. The lowest BCUT2D eigenvalue weighted by atomic mass is 10.1. The summed E-state index contributed by atoms with van der Waals surface area (Å²) < 4.78 is 29.8. The minimum Gasteiger partial charge on any atom is -0.348 e. The fourth-order valence-corrected chi connectivity index (χ4v) is 4.35. The molecule has 0 atom stereocenters. The van der Waals surface area contributed by atoms with Crippen molar-refractivity contribution in [2.45, 2.75) is 24.9 Å². The van der Waals surface area contributed by atoms with Gasteiger partial charge in [0.15, 0.2) is 5.82 Å². The molecule has 0 aliphatic rings. The number of amides is 1. The van der Waals surface area contributed by atoms with E-state index in [9.17, 15) is 13.2 Å². The van der Waals surface area contributed by atoms with E-state index in [-0.39, 0.29) is 23.9 Å². The Morgan fingerprint density at radius 3 is 2.55 bits per heavy atom. The van der Waals surface area contributed by atoms with Crippen LogP contribution in [0.1, 0.15) is 27.0 Å². The molecule has 8 nitrogen and oxygen atoms in total. The number of rotatable bonds is 8. The Kier molecular flexibility index (Phi) is 6.62. The topological polar surface area (TPSA) is 106 Å². The zero-order valence-electron chi connectivity index (χ0n) is 18.0. The second-order valence-electron chi connectivity index (χ2n) is 7.41. The number of nitrogens with one attached hydrogen (secondary N) is 2. The molecule has 0 unspecified atom stereocenters. The monoisotopic (exact) mass is 461 g/mol. The number of carbonyl (C=O) groups is 1. The van der Waals surface area contributed by atoms with Gasteiger partial charge in [-0.3, -0.25) is 4.79 Å². The van der Waals surface area contributed by atoms with E-state index in [1.54, 1.807) is 48.4 Å². The van der Waals surface area contributed by atoms with Gasteiger partial charge in [-0.05, 0) is 42.3 Å². The van der Waals surface area contributed by atoms with Gasteiger partial charge in [0.25, 0.3) is 5.91 Å². The molecule has 2 heterocycles. The van der Waals surface area contributed by atoms with Crippen LogP contribution in [0, 0.1) is 6.92 Å². The number of nitrogens with zero attached hydrogens (tertiary/aromatic N) is 3. The summed E-state index contributed by atoms with van der Waals surface area (Å²) in [6.07, 6.45) is 5.08. The van der Waals surface area contributed by atoms with E-state index in [2.05, 4.69) is 20.1 Å². The number of sulfonamides is 1. The van der Waals surface area contributed by atoms with E-state index in [1.165, 1.54) is 12.1 Å². The first-order valence-corrected chi connectivity index (χ1v) is 11.8. The largest absolute Gasteiger partial charge is 0.348 e. The van der Waals surface area contributed by atoms with Crippen molar-refractivity contribution in [3.05, 3.63) is 108 Å². The third kappa shape index (κ3) is 5.33. The maximum absolute atomic E-state index is 12.9. The van der Waals surface area contributed by atoms with Crippen molar-refractivity contribution in [1.82, 2.24) is 24.8 Å². The van der Waals surface area contributed by atoms with Crippen molar-refractivity contribution in [3.8, 4) is 5.82 Å². The summed E-state index contributed by atoms with van der Waals surface area (Å²) in [7, 11) is -3.79. The maximum Gasteiger partial charge on any atom is 0.251 e. The Bertz CT molecular complexity index is 1350. The zero-order valence-corrected chi connectivity index (χ0v) is 18.8. The van der Waals surface area contributed by atoms with E-state index in [1.807, 2.05) is 36.4 Å².